The smallest absolute Gasteiger partial charge is 0.259 e. The van der Waals surface area contributed by atoms with Crippen molar-refractivity contribution in [3.63, 3.8) is 0 Å². The van der Waals surface area contributed by atoms with Gasteiger partial charge in [-0.1, -0.05) is 0 Å². The summed E-state index contributed by atoms with van der Waals surface area (Å²) in [5.74, 6) is -3.14. The Bertz CT molecular complexity index is 388. The lowest BCUT2D eigenvalue weighted by Gasteiger charge is -2.35. The first-order chi connectivity index (χ1) is 8.23. The number of carbonyl (C=O) groups excluding carboxylic acids is 1. The van der Waals surface area contributed by atoms with Gasteiger partial charge in [0.1, 0.15) is 12.7 Å². The monoisotopic (exact) mass is 258 g/mol. The molecule has 3 atom stereocenters. The van der Waals surface area contributed by atoms with Crippen molar-refractivity contribution in [2.75, 3.05) is 13.2 Å². The van der Waals surface area contributed by atoms with Gasteiger partial charge in [0.25, 0.3) is 5.79 Å². The third-order valence-corrected chi connectivity index (χ3v) is 3.34. The topological polar surface area (TPSA) is 63.2 Å². The van der Waals surface area contributed by atoms with E-state index in [2.05, 4.69) is 0 Å². The van der Waals surface area contributed by atoms with Crippen LogP contribution < -0.4 is 0 Å². The maximum absolute atomic E-state index is 12.4. The summed E-state index contributed by atoms with van der Waals surface area (Å²) in [6.07, 6.45) is -1.07. The highest BCUT2D eigenvalue weighted by molar-refractivity contribution is 5.93. The molecule has 3 heterocycles. The summed E-state index contributed by atoms with van der Waals surface area (Å²) in [5, 5.41) is 0. The number of ketones is 1. The van der Waals surface area contributed by atoms with Gasteiger partial charge in [-0.05, 0) is 27.7 Å². The molecule has 0 aromatic rings. The van der Waals surface area contributed by atoms with Gasteiger partial charge in [0, 0.05) is 0 Å². The first-order valence-corrected chi connectivity index (χ1v) is 6.11. The van der Waals surface area contributed by atoms with E-state index in [0.717, 1.165) is 0 Å². The molecule has 0 amide bonds. The first kappa shape index (κ1) is 12.5. The van der Waals surface area contributed by atoms with Crippen LogP contribution in [0.5, 0.6) is 0 Å². The third kappa shape index (κ3) is 1.80. The van der Waals surface area contributed by atoms with E-state index < -0.39 is 29.6 Å². The number of ether oxygens (including phenoxy) is 5. The molecule has 0 saturated carbocycles. The molecular formula is C12H18O6. The Kier molecular flexibility index (Phi) is 2.44. The van der Waals surface area contributed by atoms with Crippen LogP contribution in [0.25, 0.3) is 0 Å². The molecular weight excluding hydrogens is 240 g/mol. The Morgan fingerprint density at radius 2 is 1.78 bits per heavy atom. The van der Waals surface area contributed by atoms with Crippen LogP contribution in [0.1, 0.15) is 27.7 Å². The van der Waals surface area contributed by atoms with Crippen molar-refractivity contribution in [2.24, 2.45) is 0 Å². The van der Waals surface area contributed by atoms with Crippen LogP contribution in [0.4, 0.5) is 0 Å². The standard InChI is InChI=1S/C12H18O6/c1-10(2)14-5-7-8(17-10)9(13)12(16-7)6-15-11(3,4)18-12/h7-8H,5-6H2,1-4H3/t7-,8?,12-/m0/s1. The molecule has 0 aromatic carbocycles. The summed E-state index contributed by atoms with van der Waals surface area (Å²) in [7, 11) is 0. The van der Waals surface area contributed by atoms with E-state index in [-0.39, 0.29) is 12.4 Å². The molecule has 0 radical (unpaired) electrons. The summed E-state index contributed by atoms with van der Waals surface area (Å²) in [6.45, 7) is 7.46. The second-order valence-corrected chi connectivity index (χ2v) is 5.81. The van der Waals surface area contributed by atoms with Crippen molar-refractivity contribution >= 4 is 5.78 Å². The van der Waals surface area contributed by atoms with Crippen molar-refractivity contribution in [1.82, 2.24) is 0 Å². The fourth-order valence-corrected chi connectivity index (χ4v) is 2.53. The molecule has 3 fully saturated rings. The quantitative estimate of drug-likeness (QED) is 0.633. The maximum atomic E-state index is 12.4. The predicted molar refractivity (Wildman–Crippen MR) is 58.6 cm³/mol. The highest BCUT2D eigenvalue weighted by Crippen LogP contribution is 2.42. The molecule has 3 rings (SSSR count). The van der Waals surface area contributed by atoms with Gasteiger partial charge in [0.2, 0.25) is 5.78 Å². The van der Waals surface area contributed by atoms with E-state index in [9.17, 15) is 4.79 Å². The van der Waals surface area contributed by atoms with E-state index >= 15 is 0 Å². The van der Waals surface area contributed by atoms with Crippen molar-refractivity contribution < 1.29 is 28.5 Å². The summed E-state index contributed by atoms with van der Waals surface area (Å²) in [6, 6.07) is 0. The van der Waals surface area contributed by atoms with Crippen LogP contribution in [0.3, 0.4) is 0 Å². The van der Waals surface area contributed by atoms with Crippen LogP contribution in [-0.4, -0.2) is 48.6 Å². The number of fused-ring (bicyclic) bond motifs is 1. The van der Waals surface area contributed by atoms with Crippen LogP contribution in [0.2, 0.25) is 0 Å². The molecule has 18 heavy (non-hydrogen) atoms. The lowest BCUT2D eigenvalue weighted by atomic mass is 10.1. The predicted octanol–water partition coefficient (Wildman–Crippen LogP) is 0.585. The molecule has 3 aliphatic heterocycles. The van der Waals surface area contributed by atoms with Gasteiger partial charge >= 0.3 is 0 Å². The minimum absolute atomic E-state index is 0.0929. The van der Waals surface area contributed by atoms with Gasteiger partial charge in [-0.3, -0.25) is 4.79 Å². The average molecular weight is 258 g/mol. The molecule has 0 N–H and O–H groups in total. The molecule has 1 spiro atoms. The average Bonchev–Trinajstić information content (AvgIpc) is 2.68. The fraction of sp³-hybridized carbons (Fsp3) is 0.917. The van der Waals surface area contributed by atoms with Crippen LogP contribution in [0.15, 0.2) is 0 Å². The zero-order chi connectivity index (χ0) is 13.2. The Morgan fingerprint density at radius 1 is 1.06 bits per heavy atom. The van der Waals surface area contributed by atoms with Gasteiger partial charge in [-0.25, -0.2) is 0 Å². The highest BCUT2D eigenvalue weighted by Gasteiger charge is 2.64. The van der Waals surface area contributed by atoms with E-state index in [1.807, 2.05) is 0 Å². The van der Waals surface area contributed by atoms with E-state index in [0.29, 0.717) is 6.61 Å². The van der Waals surface area contributed by atoms with Crippen molar-refractivity contribution in [2.45, 2.75) is 57.3 Å². The zero-order valence-corrected chi connectivity index (χ0v) is 11.0. The molecule has 6 heteroatoms. The van der Waals surface area contributed by atoms with Crippen LogP contribution in [-0.2, 0) is 28.5 Å². The van der Waals surface area contributed by atoms with Gasteiger partial charge in [0.05, 0.1) is 6.61 Å². The largest absolute Gasteiger partial charge is 0.348 e. The maximum Gasteiger partial charge on any atom is 0.259 e. The van der Waals surface area contributed by atoms with Crippen molar-refractivity contribution in [3.05, 3.63) is 0 Å². The second-order valence-electron chi connectivity index (χ2n) is 5.81. The van der Waals surface area contributed by atoms with E-state index in [1.165, 1.54) is 0 Å². The van der Waals surface area contributed by atoms with Gasteiger partial charge in [-0.2, -0.15) is 0 Å². The molecule has 1 unspecified atom stereocenters. The lowest BCUT2D eigenvalue weighted by molar-refractivity contribution is -0.303. The molecule has 3 aliphatic rings. The van der Waals surface area contributed by atoms with Crippen LogP contribution >= 0.6 is 0 Å². The Hall–Kier alpha value is -0.530. The minimum atomic E-state index is -1.33. The molecule has 6 nitrogen and oxygen atoms in total. The normalized spacial score (nSPS) is 45.4. The Labute approximate surface area is 105 Å². The minimum Gasteiger partial charge on any atom is -0.348 e. The lowest BCUT2D eigenvalue weighted by Crippen LogP contribution is -2.49. The summed E-state index contributed by atoms with van der Waals surface area (Å²) < 4.78 is 27.9. The van der Waals surface area contributed by atoms with Crippen LogP contribution in [0, 0.1) is 0 Å². The second kappa shape index (κ2) is 3.52. The number of carbonyl (C=O) groups is 1. The van der Waals surface area contributed by atoms with E-state index in [1.54, 1.807) is 27.7 Å². The Balaban J connectivity index is 1.84. The number of rotatable bonds is 0. The zero-order valence-electron chi connectivity index (χ0n) is 11.0. The molecule has 0 aromatic heterocycles. The van der Waals surface area contributed by atoms with Crippen molar-refractivity contribution in [1.29, 1.82) is 0 Å². The molecule has 0 bridgehead atoms. The van der Waals surface area contributed by atoms with E-state index in [4.69, 9.17) is 23.7 Å². The summed E-state index contributed by atoms with van der Waals surface area (Å²) >= 11 is 0. The third-order valence-electron chi connectivity index (χ3n) is 3.34. The molecule has 3 saturated heterocycles. The van der Waals surface area contributed by atoms with Crippen molar-refractivity contribution in [3.8, 4) is 0 Å². The molecule has 0 aliphatic carbocycles. The summed E-state index contributed by atoms with van der Waals surface area (Å²) in [4.78, 5) is 12.4. The first-order valence-electron chi connectivity index (χ1n) is 6.11. The number of hydrogen-bond donors (Lipinski definition) is 0. The van der Waals surface area contributed by atoms with Gasteiger partial charge < -0.3 is 23.7 Å². The summed E-state index contributed by atoms with van der Waals surface area (Å²) in [5.41, 5.74) is 0. The Morgan fingerprint density at radius 3 is 2.39 bits per heavy atom. The highest BCUT2D eigenvalue weighted by atomic mass is 16.9. The fourth-order valence-electron chi connectivity index (χ4n) is 2.53. The molecule has 102 valence electrons. The van der Waals surface area contributed by atoms with Gasteiger partial charge in [-0.15, -0.1) is 0 Å². The van der Waals surface area contributed by atoms with Gasteiger partial charge in [0.15, 0.2) is 17.7 Å². The number of Topliss-reactive ketones (excluding diaryl/α,β-unsaturated/α-hetero) is 1. The SMILES string of the molecule is CC1(C)OC[C@@H]2O[C@]3(COC(C)(C)O3)C(=O)C2O1. The number of hydrogen-bond acceptors (Lipinski definition) is 6.